The lowest BCUT2D eigenvalue weighted by atomic mass is 10.4. The topological polar surface area (TPSA) is 78.4 Å². The van der Waals surface area contributed by atoms with Gasteiger partial charge >= 0.3 is 0 Å². The van der Waals surface area contributed by atoms with Crippen LogP contribution in [0.15, 0.2) is 0 Å². The standard InChI is InChI=1S/C6H13N3O2/c1-4(10)2-9-3-5(9)6(11)8-7/h4-5,10H,2-3,7H2,1H3,(H,8,11). The predicted octanol–water partition coefficient (Wildman–Crippen LogP) is -1.96. The van der Waals surface area contributed by atoms with Crippen LogP contribution in [0.1, 0.15) is 6.92 Å². The molecule has 0 aromatic carbocycles. The summed E-state index contributed by atoms with van der Waals surface area (Å²) in [4.78, 5) is 12.7. The SMILES string of the molecule is CC(O)CN1CC1C(=O)NN. The Morgan fingerprint density at radius 3 is 3.09 bits per heavy atom. The van der Waals surface area contributed by atoms with Gasteiger partial charge in [-0.1, -0.05) is 0 Å². The van der Waals surface area contributed by atoms with Crippen LogP contribution in [0.5, 0.6) is 0 Å². The Labute approximate surface area is 65.1 Å². The van der Waals surface area contributed by atoms with Crippen LogP contribution in [0.3, 0.4) is 0 Å². The van der Waals surface area contributed by atoms with E-state index in [0.29, 0.717) is 13.1 Å². The van der Waals surface area contributed by atoms with Crippen molar-refractivity contribution < 1.29 is 9.90 Å². The van der Waals surface area contributed by atoms with E-state index < -0.39 is 0 Å². The van der Waals surface area contributed by atoms with Crippen molar-refractivity contribution in [3.05, 3.63) is 0 Å². The number of rotatable bonds is 3. The molecule has 0 aromatic heterocycles. The van der Waals surface area contributed by atoms with Crippen LogP contribution in [0.25, 0.3) is 0 Å². The van der Waals surface area contributed by atoms with E-state index in [9.17, 15) is 4.79 Å². The molecule has 1 aliphatic rings. The van der Waals surface area contributed by atoms with E-state index in [-0.39, 0.29) is 18.1 Å². The van der Waals surface area contributed by atoms with E-state index in [0.717, 1.165) is 0 Å². The minimum absolute atomic E-state index is 0.116. The van der Waals surface area contributed by atoms with Crippen LogP contribution in [-0.2, 0) is 4.79 Å². The van der Waals surface area contributed by atoms with Crippen LogP contribution in [0.4, 0.5) is 0 Å². The lowest BCUT2D eigenvalue weighted by Gasteiger charge is -2.04. The Kier molecular flexibility index (Phi) is 2.43. The molecule has 5 nitrogen and oxygen atoms in total. The number of aliphatic hydroxyl groups is 1. The highest BCUT2D eigenvalue weighted by atomic mass is 16.3. The van der Waals surface area contributed by atoms with Crippen molar-refractivity contribution in [1.29, 1.82) is 0 Å². The zero-order valence-electron chi connectivity index (χ0n) is 6.45. The maximum Gasteiger partial charge on any atom is 0.252 e. The first-order valence-electron chi connectivity index (χ1n) is 3.57. The van der Waals surface area contributed by atoms with Gasteiger partial charge in [0.1, 0.15) is 6.04 Å². The second-order valence-corrected chi connectivity index (χ2v) is 2.83. The number of aliphatic hydroxyl groups excluding tert-OH is 1. The van der Waals surface area contributed by atoms with Gasteiger partial charge in [0, 0.05) is 13.1 Å². The Balaban J connectivity index is 2.21. The molecule has 1 saturated heterocycles. The number of carbonyl (C=O) groups is 1. The fraction of sp³-hybridized carbons (Fsp3) is 0.833. The van der Waals surface area contributed by atoms with Gasteiger partial charge in [0.15, 0.2) is 0 Å². The summed E-state index contributed by atoms with van der Waals surface area (Å²) in [5.41, 5.74) is 2.07. The van der Waals surface area contributed by atoms with Gasteiger partial charge in [-0.2, -0.15) is 0 Å². The average Bonchev–Trinajstić information content (AvgIpc) is 2.65. The van der Waals surface area contributed by atoms with E-state index in [1.165, 1.54) is 0 Å². The maximum atomic E-state index is 10.8. The third kappa shape index (κ3) is 2.14. The largest absolute Gasteiger partial charge is 0.392 e. The van der Waals surface area contributed by atoms with Crippen LogP contribution in [0.2, 0.25) is 0 Å². The van der Waals surface area contributed by atoms with E-state index in [1.54, 1.807) is 6.92 Å². The Morgan fingerprint density at radius 2 is 2.64 bits per heavy atom. The molecule has 0 bridgehead atoms. The minimum atomic E-state index is -0.384. The van der Waals surface area contributed by atoms with Crippen LogP contribution < -0.4 is 11.3 Å². The van der Waals surface area contributed by atoms with Crippen LogP contribution in [0, 0.1) is 0 Å². The highest BCUT2D eigenvalue weighted by molar-refractivity contribution is 5.84. The van der Waals surface area contributed by atoms with Crippen molar-refractivity contribution in [3.8, 4) is 0 Å². The number of nitrogens with two attached hydrogens (primary N) is 1. The molecule has 1 aliphatic heterocycles. The summed E-state index contributed by atoms with van der Waals surface area (Å²) in [7, 11) is 0. The average molecular weight is 159 g/mol. The number of hydrogen-bond acceptors (Lipinski definition) is 4. The molecule has 0 saturated carbocycles. The molecule has 4 N–H and O–H groups in total. The molecule has 1 fully saturated rings. The molecule has 1 heterocycles. The molecule has 64 valence electrons. The number of nitrogens with zero attached hydrogens (tertiary/aromatic N) is 1. The first kappa shape index (κ1) is 8.45. The van der Waals surface area contributed by atoms with E-state index in [2.05, 4.69) is 5.43 Å². The minimum Gasteiger partial charge on any atom is -0.392 e. The summed E-state index contributed by atoms with van der Waals surface area (Å²) < 4.78 is 0. The lowest BCUT2D eigenvalue weighted by Crippen LogP contribution is -2.36. The van der Waals surface area contributed by atoms with E-state index in [4.69, 9.17) is 10.9 Å². The number of β-amino-alcohol motifs (C(OH)–C–C–N with tert-alkyl or cyclic N) is 1. The van der Waals surface area contributed by atoms with Crippen molar-refractivity contribution in [2.75, 3.05) is 13.1 Å². The molecule has 0 aromatic rings. The second kappa shape index (κ2) is 3.17. The van der Waals surface area contributed by atoms with E-state index >= 15 is 0 Å². The first-order valence-corrected chi connectivity index (χ1v) is 3.57. The summed E-state index contributed by atoms with van der Waals surface area (Å²) in [5.74, 6) is 4.74. The monoisotopic (exact) mass is 159 g/mol. The summed E-state index contributed by atoms with van der Waals surface area (Å²) in [6, 6.07) is -0.116. The number of amides is 1. The Morgan fingerprint density at radius 1 is 2.00 bits per heavy atom. The lowest BCUT2D eigenvalue weighted by molar-refractivity contribution is -0.121. The number of carbonyl (C=O) groups excluding carboxylic acids is 1. The van der Waals surface area contributed by atoms with Crippen molar-refractivity contribution in [2.45, 2.75) is 19.1 Å². The number of nitrogens with one attached hydrogen (secondary N) is 1. The highest BCUT2D eigenvalue weighted by Crippen LogP contribution is 2.16. The first-order chi connectivity index (χ1) is 5.15. The molecule has 0 spiro atoms. The van der Waals surface area contributed by atoms with Gasteiger partial charge < -0.3 is 5.11 Å². The molecule has 5 heteroatoms. The Bertz CT molecular complexity index is 160. The number of hydrogen-bond donors (Lipinski definition) is 3. The normalized spacial score (nSPS) is 31.2. The third-order valence-corrected chi connectivity index (χ3v) is 1.66. The van der Waals surface area contributed by atoms with Crippen molar-refractivity contribution in [1.82, 2.24) is 10.3 Å². The molecule has 1 amide bonds. The van der Waals surface area contributed by atoms with Crippen LogP contribution in [-0.4, -0.2) is 41.1 Å². The van der Waals surface area contributed by atoms with Crippen molar-refractivity contribution in [3.63, 3.8) is 0 Å². The van der Waals surface area contributed by atoms with Gasteiger partial charge in [-0.25, -0.2) is 5.84 Å². The van der Waals surface area contributed by atoms with Gasteiger partial charge in [0.2, 0.25) is 0 Å². The summed E-state index contributed by atoms with van der Waals surface area (Å²) >= 11 is 0. The molecular formula is C6H13N3O2. The molecule has 3 atom stereocenters. The number of hydrazine groups is 1. The fourth-order valence-electron chi connectivity index (χ4n) is 1.06. The third-order valence-electron chi connectivity index (χ3n) is 1.66. The Hall–Kier alpha value is -0.650. The zero-order valence-corrected chi connectivity index (χ0v) is 6.45. The van der Waals surface area contributed by atoms with Crippen LogP contribution >= 0.6 is 0 Å². The predicted molar refractivity (Wildman–Crippen MR) is 39.4 cm³/mol. The molecule has 0 aliphatic carbocycles. The van der Waals surface area contributed by atoms with Crippen molar-refractivity contribution in [2.24, 2.45) is 5.84 Å². The van der Waals surface area contributed by atoms with Gasteiger partial charge in [-0.05, 0) is 6.92 Å². The van der Waals surface area contributed by atoms with Gasteiger partial charge in [-0.15, -0.1) is 0 Å². The molecule has 1 rings (SSSR count). The highest BCUT2D eigenvalue weighted by Gasteiger charge is 2.40. The van der Waals surface area contributed by atoms with E-state index in [1.807, 2.05) is 4.90 Å². The quantitative estimate of drug-likeness (QED) is 0.193. The summed E-state index contributed by atoms with van der Waals surface area (Å²) in [5, 5.41) is 8.93. The molecule has 0 radical (unpaired) electrons. The smallest absolute Gasteiger partial charge is 0.252 e. The molecule has 11 heavy (non-hydrogen) atoms. The van der Waals surface area contributed by atoms with Gasteiger partial charge in [0.25, 0.3) is 5.91 Å². The molecule has 3 unspecified atom stereocenters. The summed E-state index contributed by atoms with van der Waals surface area (Å²) in [6.07, 6.45) is -0.384. The second-order valence-electron chi connectivity index (χ2n) is 2.83. The summed E-state index contributed by atoms with van der Waals surface area (Å²) in [6.45, 7) is 2.93. The maximum absolute atomic E-state index is 10.8. The zero-order chi connectivity index (χ0) is 8.43. The fourth-order valence-corrected chi connectivity index (χ4v) is 1.06. The molecular weight excluding hydrogens is 146 g/mol. The van der Waals surface area contributed by atoms with Gasteiger partial charge in [0.05, 0.1) is 6.10 Å². The van der Waals surface area contributed by atoms with Gasteiger partial charge in [-0.3, -0.25) is 15.1 Å². The van der Waals surface area contributed by atoms with Crippen molar-refractivity contribution >= 4 is 5.91 Å².